The number of aliphatic hydroxyl groups excluding tert-OH is 1. The van der Waals surface area contributed by atoms with Crippen LogP contribution >= 0.6 is 0 Å². The monoisotopic (exact) mass is 237 g/mol. The van der Waals surface area contributed by atoms with Crippen molar-refractivity contribution in [1.82, 2.24) is 14.7 Å². The van der Waals surface area contributed by atoms with Gasteiger partial charge < -0.3 is 10.0 Å². The SMILES string of the molecule is Cc1nn(CC(=O)N2CCCC2)c(C)c1CO. The van der Waals surface area contributed by atoms with Crippen LogP contribution in [0.2, 0.25) is 0 Å². The van der Waals surface area contributed by atoms with Gasteiger partial charge in [-0.15, -0.1) is 0 Å². The standard InChI is InChI=1S/C12H19N3O2/c1-9-11(8-16)10(2)15(13-9)7-12(17)14-5-3-4-6-14/h16H,3-8H2,1-2H3. The van der Waals surface area contributed by atoms with E-state index in [2.05, 4.69) is 5.10 Å². The van der Waals surface area contributed by atoms with Gasteiger partial charge in [0.1, 0.15) is 6.54 Å². The van der Waals surface area contributed by atoms with Crippen molar-refractivity contribution in [3.05, 3.63) is 17.0 Å². The molecule has 94 valence electrons. The summed E-state index contributed by atoms with van der Waals surface area (Å²) in [6.45, 7) is 5.75. The third kappa shape index (κ3) is 2.34. The van der Waals surface area contributed by atoms with E-state index in [0.29, 0.717) is 0 Å². The quantitative estimate of drug-likeness (QED) is 0.838. The summed E-state index contributed by atoms with van der Waals surface area (Å²) in [6.07, 6.45) is 2.20. The van der Waals surface area contributed by atoms with Crippen LogP contribution in [0.4, 0.5) is 0 Å². The second-order valence-electron chi connectivity index (χ2n) is 4.55. The molecule has 0 saturated carbocycles. The molecule has 0 aliphatic carbocycles. The van der Waals surface area contributed by atoms with Gasteiger partial charge in [-0.25, -0.2) is 0 Å². The van der Waals surface area contributed by atoms with E-state index in [1.807, 2.05) is 18.7 Å². The van der Waals surface area contributed by atoms with Gasteiger partial charge in [0.15, 0.2) is 0 Å². The maximum Gasteiger partial charge on any atom is 0.244 e. The van der Waals surface area contributed by atoms with Crippen LogP contribution in [0, 0.1) is 13.8 Å². The van der Waals surface area contributed by atoms with Gasteiger partial charge in [-0.3, -0.25) is 9.48 Å². The maximum atomic E-state index is 12.0. The van der Waals surface area contributed by atoms with Crippen molar-refractivity contribution in [2.75, 3.05) is 13.1 Å². The molecule has 1 aliphatic rings. The highest BCUT2D eigenvalue weighted by atomic mass is 16.3. The van der Waals surface area contributed by atoms with Crippen LogP contribution < -0.4 is 0 Å². The molecule has 5 nitrogen and oxygen atoms in total. The Morgan fingerprint density at radius 1 is 1.35 bits per heavy atom. The number of nitrogens with zero attached hydrogens (tertiary/aromatic N) is 3. The Labute approximate surface area is 101 Å². The molecule has 0 unspecified atom stereocenters. The third-order valence-electron chi connectivity index (χ3n) is 3.43. The van der Waals surface area contributed by atoms with E-state index >= 15 is 0 Å². The van der Waals surface area contributed by atoms with Gasteiger partial charge in [0.05, 0.1) is 12.3 Å². The predicted octanol–water partition coefficient (Wildman–Crippen LogP) is 0.615. The summed E-state index contributed by atoms with van der Waals surface area (Å²) in [4.78, 5) is 13.9. The Morgan fingerprint density at radius 3 is 2.53 bits per heavy atom. The van der Waals surface area contributed by atoms with Crippen LogP contribution in [0.25, 0.3) is 0 Å². The largest absolute Gasteiger partial charge is 0.392 e. The number of aromatic nitrogens is 2. The molecule has 1 amide bonds. The van der Waals surface area contributed by atoms with E-state index < -0.39 is 0 Å². The molecular formula is C12H19N3O2. The van der Waals surface area contributed by atoms with E-state index in [1.54, 1.807) is 4.68 Å². The second-order valence-corrected chi connectivity index (χ2v) is 4.55. The first kappa shape index (κ1) is 12.1. The zero-order valence-corrected chi connectivity index (χ0v) is 10.4. The number of carbonyl (C=O) groups excluding carboxylic acids is 1. The van der Waals surface area contributed by atoms with Gasteiger partial charge in [0.2, 0.25) is 5.91 Å². The number of carbonyl (C=O) groups is 1. The van der Waals surface area contributed by atoms with Crippen molar-refractivity contribution >= 4 is 5.91 Å². The number of rotatable bonds is 3. The molecule has 2 rings (SSSR count). The molecule has 0 atom stereocenters. The normalized spacial score (nSPS) is 15.6. The van der Waals surface area contributed by atoms with Crippen LogP contribution in [0.15, 0.2) is 0 Å². The molecule has 0 spiro atoms. The first-order chi connectivity index (χ1) is 8.13. The zero-order valence-electron chi connectivity index (χ0n) is 10.4. The lowest BCUT2D eigenvalue weighted by molar-refractivity contribution is -0.131. The van der Waals surface area contributed by atoms with Crippen LogP contribution in [0.1, 0.15) is 29.8 Å². The summed E-state index contributed by atoms with van der Waals surface area (Å²) in [5.74, 6) is 0.123. The Kier molecular flexibility index (Phi) is 3.47. The van der Waals surface area contributed by atoms with Gasteiger partial charge >= 0.3 is 0 Å². The minimum atomic E-state index is -0.0183. The van der Waals surface area contributed by atoms with Gasteiger partial charge in [-0.1, -0.05) is 0 Å². The van der Waals surface area contributed by atoms with Crippen molar-refractivity contribution in [3.63, 3.8) is 0 Å². The highest BCUT2D eigenvalue weighted by molar-refractivity contribution is 5.76. The first-order valence-corrected chi connectivity index (χ1v) is 6.05. The number of aryl methyl sites for hydroxylation is 1. The summed E-state index contributed by atoms with van der Waals surface area (Å²) in [6, 6.07) is 0. The molecule has 0 bridgehead atoms. The van der Waals surface area contributed by atoms with Crippen LogP contribution in [0.5, 0.6) is 0 Å². The summed E-state index contributed by atoms with van der Waals surface area (Å²) >= 11 is 0. The second kappa shape index (κ2) is 4.87. The average molecular weight is 237 g/mol. The maximum absolute atomic E-state index is 12.0. The molecule has 1 N–H and O–H groups in total. The fraction of sp³-hybridized carbons (Fsp3) is 0.667. The zero-order chi connectivity index (χ0) is 12.4. The topological polar surface area (TPSA) is 58.4 Å². The lowest BCUT2D eigenvalue weighted by Gasteiger charge is -2.15. The fourth-order valence-corrected chi connectivity index (χ4v) is 2.31. The predicted molar refractivity (Wildman–Crippen MR) is 63.4 cm³/mol. The van der Waals surface area contributed by atoms with E-state index in [0.717, 1.165) is 42.9 Å². The van der Waals surface area contributed by atoms with Crippen LogP contribution in [0.3, 0.4) is 0 Å². The Balaban J connectivity index is 2.10. The van der Waals surface area contributed by atoms with Crippen molar-refractivity contribution in [3.8, 4) is 0 Å². The smallest absolute Gasteiger partial charge is 0.244 e. The molecule has 1 aromatic heterocycles. The Bertz CT molecular complexity index is 420. The van der Waals surface area contributed by atoms with Crippen molar-refractivity contribution < 1.29 is 9.90 Å². The van der Waals surface area contributed by atoms with E-state index in [-0.39, 0.29) is 19.1 Å². The first-order valence-electron chi connectivity index (χ1n) is 6.05. The van der Waals surface area contributed by atoms with Gasteiger partial charge in [0, 0.05) is 24.3 Å². The minimum Gasteiger partial charge on any atom is -0.392 e. The molecule has 1 aromatic rings. The van der Waals surface area contributed by atoms with Crippen LogP contribution in [-0.4, -0.2) is 38.8 Å². The third-order valence-corrected chi connectivity index (χ3v) is 3.43. The van der Waals surface area contributed by atoms with Crippen molar-refractivity contribution in [2.45, 2.75) is 39.8 Å². The molecule has 2 heterocycles. The highest BCUT2D eigenvalue weighted by Crippen LogP contribution is 2.14. The van der Waals surface area contributed by atoms with Gasteiger partial charge in [-0.05, 0) is 26.7 Å². The van der Waals surface area contributed by atoms with Gasteiger partial charge in [-0.2, -0.15) is 5.10 Å². The lowest BCUT2D eigenvalue weighted by atomic mass is 10.2. The fourth-order valence-electron chi connectivity index (χ4n) is 2.31. The molecule has 0 radical (unpaired) electrons. The molecule has 5 heteroatoms. The van der Waals surface area contributed by atoms with Gasteiger partial charge in [0.25, 0.3) is 0 Å². The summed E-state index contributed by atoms with van der Waals surface area (Å²) in [5, 5.41) is 13.5. The summed E-state index contributed by atoms with van der Waals surface area (Å²) < 4.78 is 1.70. The molecule has 1 saturated heterocycles. The number of amides is 1. The minimum absolute atomic E-state index is 0.0183. The summed E-state index contributed by atoms with van der Waals surface area (Å²) in [5.41, 5.74) is 2.52. The summed E-state index contributed by atoms with van der Waals surface area (Å²) in [7, 11) is 0. The van der Waals surface area contributed by atoms with Crippen LogP contribution in [-0.2, 0) is 17.9 Å². The number of aliphatic hydroxyl groups is 1. The molecule has 0 aromatic carbocycles. The van der Waals surface area contributed by atoms with Crippen molar-refractivity contribution in [2.24, 2.45) is 0 Å². The van der Waals surface area contributed by atoms with Crippen molar-refractivity contribution in [1.29, 1.82) is 0 Å². The Morgan fingerprint density at radius 2 is 2.00 bits per heavy atom. The Hall–Kier alpha value is -1.36. The molecular weight excluding hydrogens is 218 g/mol. The number of likely N-dealkylation sites (tertiary alicyclic amines) is 1. The number of hydrogen-bond acceptors (Lipinski definition) is 3. The molecule has 1 fully saturated rings. The van der Waals surface area contributed by atoms with E-state index in [4.69, 9.17) is 0 Å². The van der Waals surface area contributed by atoms with E-state index in [1.165, 1.54) is 0 Å². The average Bonchev–Trinajstić information content (AvgIpc) is 2.89. The molecule has 17 heavy (non-hydrogen) atoms. The highest BCUT2D eigenvalue weighted by Gasteiger charge is 2.20. The number of hydrogen-bond donors (Lipinski definition) is 1. The molecule has 1 aliphatic heterocycles. The lowest BCUT2D eigenvalue weighted by Crippen LogP contribution is -2.31. The van der Waals surface area contributed by atoms with E-state index in [9.17, 15) is 9.90 Å².